The first-order chi connectivity index (χ1) is 6.16. The van der Waals surface area contributed by atoms with E-state index < -0.39 is 5.60 Å². The minimum atomic E-state index is -0.553. The summed E-state index contributed by atoms with van der Waals surface area (Å²) in [5.74, 6) is 0.194. The number of methoxy groups -OCH3 is 1. The molecule has 0 aliphatic rings. The highest BCUT2D eigenvalue weighted by atomic mass is 16.5. The second-order valence-electron chi connectivity index (χ2n) is 3.16. The first-order valence-electron chi connectivity index (χ1n) is 4.86. The molecule has 76 valence electrons. The second kappa shape index (κ2) is 5.92. The van der Waals surface area contributed by atoms with Crippen LogP contribution in [0.1, 0.15) is 39.5 Å². The Kier molecular flexibility index (Phi) is 5.63. The Morgan fingerprint density at radius 1 is 1.46 bits per heavy atom. The maximum atomic E-state index is 11.7. The third-order valence-electron chi connectivity index (χ3n) is 2.62. The van der Waals surface area contributed by atoms with Crippen molar-refractivity contribution in [3.8, 4) is 0 Å². The Hall–Kier alpha value is -0.630. The van der Waals surface area contributed by atoms with Crippen molar-refractivity contribution in [2.75, 3.05) is 7.11 Å². The van der Waals surface area contributed by atoms with Crippen LogP contribution in [0.4, 0.5) is 0 Å². The van der Waals surface area contributed by atoms with Crippen LogP contribution in [0.3, 0.4) is 0 Å². The van der Waals surface area contributed by atoms with Crippen molar-refractivity contribution in [3.63, 3.8) is 0 Å². The van der Waals surface area contributed by atoms with Gasteiger partial charge in [-0.15, -0.1) is 6.58 Å². The van der Waals surface area contributed by atoms with Crippen molar-refractivity contribution >= 4 is 5.78 Å². The van der Waals surface area contributed by atoms with Gasteiger partial charge in [0, 0.05) is 13.5 Å². The van der Waals surface area contributed by atoms with Crippen molar-refractivity contribution in [1.82, 2.24) is 0 Å². The van der Waals surface area contributed by atoms with Crippen LogP contribution in [0.5, 0.6) is 0 Å². The van der Waals surface area contributed by atoms with Gasteiger partial charge < -0.3 is 4.74 Å². The lowest BCUT2D eigenvalue weighted by Crippen LogP contribution is -2.39. The third-order valence-corrected chi connectivity index (χ3v) is 2.62. The SMILES string of the molecule is C=CCCC(=O)C(CC)(CC)OC. The van der Waals surface area contributed by atoms with Crippen LogP contribution in [0.15, 0.2) is 12.7 Å². The third kappa shape index (κ3) is 2.96. The molecule has 2 heteroatoms. The molecule has 0 heterocycles. The number of ketones is 1. The van der Waals surface area contributed by atoms with Gasteiger partial charge in [-0.3, -0.25) is 4.79 Å². The minimum absolute atomic E-state index is 0.194. The summed E-state index contributed by atoms with van der Waals surface area (Å²) >= 11 is 0. The van der Waals surface area contributed by atoms with Crippen LogP contribution >= 0.6 is 0 Å². The van der Waals surface area contributed by atoms with Crippen molar-refractivity contribution in [2.45, 2.75) is 45.1 Å². The first kappa shape index (κ1) is 12.4. The Bertz CT molecular complexity index is 161. The summed E-state index contributed by atoms with van der Waals surface area (Å²) in [5, 5.41) is 0. The van der Waals surface area contributed by atoms with Gasteiger partial charge in [-0.2, -0.15) is 0 Å². The Balaban J connectivity index is 4.34. The second-order valence-corrected chi connectivity index (χ2v) is 3.16. The molecule has 0 rings (SSSR count). The molecule has 13 heavy (non-hydrogen) atoms. The number of ether oxygens (including phenoxy) is 1. The standard InChI is InChI=1S/C11H20O2/c1-5-8-9-10(12)11(6-2,7-3)13-4/h5H,1,6-9H2,2-4H3. The van der Waals surface area contributed by atoms with Crippen molar-refractivity contribution in [1.29, 1.82) is 0 Å². The van der Waals surface area contributed by atoms with Crippen LogP contribution in [0.2, 0.25) is 0 Å². The fraction of sp³-hybridized carbons (Fsp3) is 0.727. The molecule has 0 fully saturated rings. The fourth-order valence-electron chi connectivity index (χ4n) is 1.51. The Morgan fingerprint density at radius 2 is 2.00 bits per heavy atom. The lowest BCUT2D eigenvalue weighted by atomic mass is 9.89. The van der Waals surface area contributed by atoms with Crippen LogP contribution in [-0.2, 0) is 9.53 Å². The molecule has 0 radical (unpaired) electrons. The van der Waals surface area contributed by atoms with Crippen LogP contribution in [0, 0.1) is 0 Å². The van der Waals surface area contributed by atoms with Crippen LogP contribution in [-0.4, -0.2) is 18.5 Å². The summed E-state index contributed by atoms with van der Waals surface area (Å²) in [5.41, 5.74) is -0.553. The molecular formula is C11H20O2. The molecule has 0 N–H and O–H groups in total. The van der Waals surface area contributed by atoms with Crippen LogP contribution in [0.25, 0.3) is 0 Å². The van der Waals surface area contributed by atoms with Gasteiger partial charge in [0.25, 0.3) is 0 Å². The van der Waals surface area contributed by atoms with E-state index in [0.29, 0.717) is 6.42 Å². The van der Waals surface area contributed by atoms with E-state index in [1.54, 1.807) is 13.2 Å². The summed E-state index contributed by atoms with van der Waals surface area (Å²) < 4.78 is 5.31. The first-order valence-corrected chi connectivity index (χ1v) is 4.86. The maximum Gasteiger partial charge on any atom is 0.164 e. The van der Waals surface area contributed by atoms with Gasteiger partial charge in [0.2, 0.25) is 0 Å². The molecule has 0 aromatic carbocycles. The van der Waals surface area contributed by atoms with Gasteiger partial charge in [-0.05, 0) is 19.3 Å². The summed E-state index contributed by atoms with van der Waals surface area (Å²) in [6.45, 7) is 7.57. The zero-order chi connectivity index (χ0) is 10.3. The average molecular weight is 184 g/mol. The average Bonchev–Trinajstić information content (AvgIpc) is 2.18. The molecule has 0 aliphatic heterocycles. The molecule has 0 saturated heterocycles. The van der Waals surface area contributed by atoms with Gasteiger partial charge in [0.1, 0.15) is 5.60 Å². The number of Topliss-reactive ketones (excluding diaryl/α,β-unsaturated/α-hetero) is 1. The fourth-order valence-corrected chi connectivity index (χ4v) is 1.51. The Labute approximate surface area is 81.0 Å². The van der Waals surface area contributed by atoms with Crippen molar-refractivity contribution in [3.05, 3.63) is 12.7 Å². The normalized spacial score (nSPS) is 11.3. The molecular weight excluding hydrogens is 164 g/mol. The highest BCUT2D eigenvalue weighted by molar-refractivity contribution is 5.87. The van der Waals surface area contributed by atoms with Crippen molar-refractivity contribution < 1.29 is 9.53 Å². The van der Waals surface area contributed by atoms with Crippen LogP contribution < -0.4 is 0 Å². The predicted octanol–water partition coefficient (Wildman–Crippen LogP) is 2.73. The van der Waals surface area contributed by atoms with Gasteiger partial charge in [0.15, 0.2) is 5.78 Å². The van der Waals surface area contributed by atoms with Gasteiger partial charge >= 0.3 is 0 Å². The molecule has 0 aromatic heterocycles. The molecule has 0 bridgehead atoms. The van der Waals surface area contributed by atoms with E-state index >= 15 is 0 Å². The lowest BCUT2D eigenvalue weighted by Gasteiger charge is -2.28. The van der Waals surface area contributed by atoms with E-state index in [2.05, 4.69) is 6.58 Å². The quantitative estimate of drug-likeness (QED) is 0.569. The largest absolute Gasteiger partial charge is 0.370 e. The van der Waals surface area contributed by atoms with E-state index in [4.69, 9.17) is 4.74 Å². The number of carbonyl (C=O) groups excluding carboxylic acids is 1. The zero-order valence-corrected chi connectivity index (χ0v) is 8.93. The molecule has 0 amide bonds. The molecule has 2 nitrogen and oxygen atoms in total. The molecule has 0 spiro atoms. The molecule has 0 unspecified atom stereocenters. The molecule has 0 atom stereocenters. The van der Waals surface area contributed by atoms with Gasteiger partial charge in [0.05, 0.1) is 0 Å². The molecule has 0 aliphatic carbocycles. The molecule has 0 saturated carbocycles. The summed E-state index contributed by atoms with van der Waals surface area (Å²) in [6, 6.07) is 0. The number of hydrogen-bond donors (Lipinski definition) is 0. The van der Waals surface area contributed by atoms with Crippen molar-refractivity contribution in [2.24, 2.45) is 0 Å². The number of hydrogen-bond acceptors (Lipinski definition) is 2. The van der Waals surface area contributed by atoms with Gasteiger partial charge in [-0.25, -0.2) is 0 Å². The maximum absolute atomic E-state index is 11.7. The predicted molar refractivity (Wildman–Crippen MR) is 54.8 cm³/mol. The van der Waals surface area contributed by atoms with E-state index in [0.717, 1.165) is 19.3 Å². The lowest BCUT2D eigenvalue weighted by molar-refractivity contribution is -0.141. The highest BCUT2D eigenvalue weighted by Gasteiger charge is 2.33. The van der Waals surface area contributed by atoms with E-state index in [1.807, 2.05) is 13.8 Å². The summed E-state index contributed by atoms with van der Waals surface area (Å²) in [7, 11) is 1.61. The summed E-state index contributed by atoms with van der Waals surface area (Å²) in [6.07, 6.45) is 4.54. The monoisotopic (exact) mass is 184 g/mol. The smallest absolute Gasteiger partial charge is 0.164 e. The topological polar surface area (TPSA) is 26.3 Å². The summed E-state index contributed by atoms with van der Waals surface area (Å²) in [4.78, 5) is 11.7. The van der Waals surface area contributed by atoms with Gasteiger partial charge in [-0.1, -0.05) is 19.9 Å². The van der Waals surface area contributed by atoms with E-state index in [9.17, 15) is 4.79 Å². The Morgan fingerprint density at radius 3 is 2.31 bits per heavy atom. The highest BCUT2D eigenvalue weighted by Crippen LogP contribution is 2.22. The molecule has 0 aromatic rings. The number of allylic oxidation sites excluding steroid dienone is 1. The number of rotatable bonds is 7. The van der Waals surface area contributed by atoms with E-state index in [-0.39, 0.29) is 5.78 Å². The van der Waals surface area contributed by atoms with E-state index in [1.165, 1.54) is 0 Å². The number of carbonyl (C=O) groups is 1. The zero-order valence-electron chi connectivity index (χ0n) is 8.93. The minimum Gasteiger partial charge on any atom is -0.370 e.